The Kier molecular flexibility index (Phi) is 2.92. The van der Waals surface area contributed by atoms with Crippen LogP contribution in [0.5, 0.6) is 0 Å². The van der Waals surface area contributed by atoms with Crippen LogP contribution in [-0.2, 0) is 0 Å². The number of amidine groups is 1. The molecule has 0 bridgehead atoms. The van der Waals surface area contributed by atoms with Crippen molar-refractivity contribution in [1.29, 1.82) is 0 Å². The zero-order valence-electron chi connectivity index (χ0n) is 9.82. The Morgan fingerprint density at radius 2 is 2.00 bits per heavy atom. The van der Waals surface area contributed by atoms with Crippen LogP contribution in [0.15, 0.2) is 23.3 Å². The van der Waals surface area contributed by atoms with Crippen molar-refractivity contribution in [1.82, 2.24) is 15.6 Å². The Morgan fingerprint density at radius 3 is 2.65 bits per heavy atom. The van der Waals surface area contributed by atoms with E-state index in [9.17, 15) is 0 Å². The van der Waals surface area contributed by atoms with E-state index >= 15 is 0 Å². The van der Waals surface area contributed by atoms with E-state index in [-0.39, 0.29) is 0 Å². The first kappa shape index (κ1) is 10.5. The minimum Gasteiger partial charge on any atom is -0.368 e. The second kappa shape index (κ2) is 4.71. The molecule has 2 aliphatic rings. The van der Waals surface area contributed by atoms with Gasteiger partial charge in [-0.25, -0.2) is 4.98 Å². The lowest BCUT2D eigenvalue weighted by molar-refractivity contribution is 0.585. The number of piperazine rings is 1. The molecule has 2 aliphatic heterocycles. The van der Waals surface area contributed by atoms with Gasteiger partial charge in [0, 0.05) is 44.5 Å². The monoisotopic (exact) mass is 231 g/mol. The number of hydrogen-bond donors (Lipinski definition) is 2. The van der Waals surface area contributed by atoms with Gasteiger partial charge in [0.15, 0.2) is 0 Å². The number of pyridine rings is 1. The molecule has 0 atom stereocenters. The van der Waals surface area contributed by atoms with Gasteiger partial charge in [-0.05, 0) is 12.1 Å². The van der Waals surface area contributed by atoms with Crippen molar-refractivity contribution < 1.29 is 0 Å². The number of rotatable bonds is 2. The molecular formula is C12H17N5. The maximum absolute atomic E-state index is 4.52. The molecule has 1 fully saturated rings. The second-order valence-electron chi connectivity index (χ2n) is 4.30. The van der Waals surface area contributed by atoms with Gasteiger partial charge in [0.05, 0.1) is 6.54 Å². The fraction of sp³-hybridized carbons (Fsp3) is 0.500. The minimum absolute atomic E-state index is 0.870. The van der Waals surface area contributed by atoms with Crippen molar-refractivity contribution in [2.75, 3.05) is 44.2 Å². The molecule has 0 aromatic carbocycles. The van der Waals surface area contributed by atoms with Crippen LogP contribution >= 0.6 is 0 Å². The van der Waals surface area contributed by atoms with E-state index in [0.717, 1.165) is 56.5 Å². The number of nitrogens with one attached hydrogen (secondary N) is 2. The highest BCUT2D eigenvalue weighted by Crippen LogP contribution is 2.12. The third kappa shape index (κ3) is 2.24. The Balaban J connectivity index is 1.75. The summed E-state index contributed by atoms with van der Waals surface area (Å²) in [6.45, 7) is 5.95. The quantitative estimate of drug-likeness (QED) is 0.743. The Morgan fingerprint density at radius 1 is 1.12 bits per heavy atom. The van der Waals surface area contributed by atoms with Crippen molar-refractivity contribution in [3.8, 4) is 0 Å². The van der Waals surface area contributed by atoms with E-state index in [4.69, 9.17) is 0 Å². The maximum Gasteiger partial charge on any atom is 0.129 e. The summed E-state index contributed by atoms with van der Waals surface area (Å²) in [5.74, 6) is 2.04. The van der Waals surface area contributed by atoms with E-state index in [2.05, 4.69) is 37.6 Å². The zero-order chi connectivity index (χ0) is 11.5. The summed E-state index contributed by atoms with van der Waals surface area (Å²) in [4.78, 5) is 11.2. The predicted octanol–water partition coefficient (Wildman–Crippen LogP) is -0.159. The molecule has 3 rings (SSSR count). The molecule has 0 amide bonds. The van der Waals surface area contributed by atoms with Crippen LogP contribution in [0.25, 0.3) is 0 Å². The van der Waals surface area contributed by atoms with Gasteiger partial charge in [-0.3, -0.25) is 4.99 Å². The van der Waals surface area contributed by atoms with Crippen molar-refractivity contribution in [2.24, 2.45) is 4.99 Å². The Bertz CT molecular complexity index is 405. The van der Waals surface area contributed by atoms with E-state index in [0.29, 0.717) is 0 Å². The zero-order valence-corrected chi connectivity index (χ0v) is 9.82. The molecule has 0 aliphatic carbocycles. The fourth-order valence-corrected chi connectivity index (χ4v) is 2.20. The van der Waals surface area contributed by atoms with Gasteiger partial charge in [-0.15, -0.1) is 0 Å². The van der Waals surface area contributed by atoms with E-state index in [1.54, 1.807) is 0 Å². The first-order chi connectivity index (χ1) is 8.43. The summed E-state index contributed by atoms with van der Waals surface area (Å²) in [6, 6.07) is 4.19. The maximum atomic E-state index is 4.52. The van der Waals surface area contributed by atoms with Gasteiger partial charge in [-0.2, -0.15) is 0 Å². The van der Waals surface area contributed by atoms with Crippen LogP contribution in [0.4, 0.5) is 5.82 Å². The molecule has 0 spiro atoms. The average Bonchev–Trinajstić information content (AvgIpc) is 2.94. The van der Waals surface area contributed by atoms with Gasteiger partial charge < -0.3 is 15.5 Å². The van der Waals surface area contributed by atoms with E-state index < -0.39 is 0 Å². The van der Waals surface area contributed by atoms with Crippen LogP contribution < -0.4 is 15.5 Å². The molecular weight excluding hydrogens is 214 g/mol. The van der Waals surface area contributed by atoms with Crippen molar-refractivity contribution >= 4 is 11.7 Å². The molecule has 5 nitrogen and oxygen atoms in total. The first-order valence-corrected chi connectivity index (χ1v) is 6.14. The normalized spacial score (nSPS) is 20.0. The topological polar surface area (TPSA) is 52.5 Å². The minimum atomic E-state index is 0.870. The van der Waals surface area contributed by atoms with Crippen molar-refractivity contribution in [3.05, 3.63) is 23.9 Å². The number of aliphatic imine (C=N–C) groups is 1. The molecule has 2 N–H and O–H groups in total. The number of hydrogen-bond acceptors (Lipinski definition) is 5. The van der Waals surface area contributed by atoms with Gasteiger partial charge in [0.2, 0.25) is 0 Å². The summed E-state index contributed by atoms with van der Waals surface area (Å²) in [5.41, 5.74) is 1.08. The molecule has 0 radical (unpaired) electrons. The van der Waals surface area contributed by atoms with Crippen LogP contribution in [-0.4, -0.2) is 50.1 Å². The van der Waals surface area contributed by atoms with Gasteiger partial charge in [0.25, 0.3) is 0 Å². The molecule has 1 saturated heterocycles. The average molecular weight is 231 g/mol. The van der Waals surface area contributed by atoms with E-state index in [1.807, 2.05) is 6.20 Å². The summed E-state index contributed by atoms with van der Waals surface area (Å²) in [6.07, 6.45) is 1.91. The van der Waals surface area contributed by atoms with Gasteiger partial charge >= 0.3 is 0 Å². The number of nitrogens with zero attached hydrogens (tertiary/aromatic N) is 3. The molecule has 17 heavy (non-hydrogen) atoms. The van der Waals surface area contributed by atoms with Crippen molar-refractivity contribution in [2.45, 2.75) is 0 Å². The number of anilines is 1. The SMILES string of the molecule is c1cc(N2CCNCC2)ncc1C1=NCCN1. The van der Waals surface area contributed by atoms with E-state index in [1.165, 1.54) is 0 Å². The van der Waals surface area contributed by atoms with Crippen LogP contribution in [0.1, 0.15) is 5.56 Å². The summed E-state index contributed by atoms with van der Waals surface area (Å²) in [5, 5.41) is 6.60. The molecule has 90 valence electrons. The Labute approximate surface area is 101 Å². The molecule has 1 aromatic heterocycles. The molecule has 1 aromatic rings. The lowest BCUT2D eigenvalue weighted by atomic mass is 10.2. The first-order valence-electron chi connectivity index (χ1n) is 6.14. The number of aromatic nitrogens is 1. The predicted molar refractivity (Wildman–Crippen MR) is 68.7 cm³/mol. The fourth-order valence-electron chi connectivity index (χ4n) is 2.20. The standard InChI is InChI=1S/C12H17N5/c1-2-11(17-7-5-13-6-8-17)16-9-10(1)12-14-3-4-15-12/h1-2,9,13H,3-8H2,(H,14,15). The highest BCUT2D eigenvalue weighted by molar-refractivity contribution is 5.99. The van der Waals surface area contributed by atoms with Crippen LogP contribution in [0.2, 0.25) is 0 Å². The van der Waals surface area contributed by atoms with Crippen LogP contribution in [0.3, 0.4) is 0 Å². The smallest absolute Gasteiger partial charge is 0.129 e. The summed E-state index contributed by atoms with van der Waals surface area (Å²) >= 11 is 0. The van der Waals surface area contributed by atoms with Gasteiger partial charge in [0.1, 0.15) is 11.7 Å². The lowest BCUT2D eigenvalue weighted by Crippen LogP contribution is -2.43. The third-order valence-electron chi connectivity index (χ3n) is 3.14. The van der Waals surface area contributed by atoms with Crippen LogP contribution in [0, 0.1) is 0 Å². The summed E-state index contributed by atoms with van der Waals surface area (Å²) < 4.78 is 0. The molecule has 3 heterocycles. The summed E-state index contributed by atoms with van der Waals surface area (Å²) in [7, 11) is 0. The lowest BCUT2D eigenvalue weighted by Gasteiger charge is -2.28. The highest BCUT2D eigenvalue weighted by atomic mass is 15.2. The van der Waals surface area contributed by atoms with Crippen molar-refractivity contribution in [3.63, 3.8) is 0 Å². The Hall–Kier alpha value is -1.62. The second-order valence-corrected chi connectivity index (χ2v) is 4.30. The highest BCUT2D eigenvalue weighted by Gasteiger charge is 2.13. The largest absolute Gasteiger partial charge is 0.368 e. The third-order valence-corrected chi connectivity index (χ3v) is 3.14. The molecule has 0 saturated carbocycles. The molecule has 0 unspecified atom stereocenters. The molecule has 5 heteroatoms. The van der Waals surface area contributed by atoms with Gasteiger partial charge in [-0.1, -0.05) is 0 Å².